The first-order chi connectivity index (χ1) is 9.19. The van der Waals surface area contributed by atoms with Crippen LogP contribution in [0.1, 0.15) is 63.7 Å². The van der Waals surface area contributed by atoms with E-state index in [0.29, 0.717) is 0 Å². The summed E-state index contributed by atoms with van der Waals surface area (Å²) in [4.78, 5) is 12.0. The fourth-order valence-corrected chi connectivity index (χ4v) is 2.49. The Balaban J connectivity index is 0.000000637. The van der Waals surface area contributed by atoms with Crippen molar-refractivity contribution in [2.45, 2.75) is 59.0 Å². The molecule has 0 aliphatic heterocycles. The molecule has 19 heavy (non-hydrogen) atoms. The summed E-state index contributed by atoms with van der Waals surface area (Å²) in [6.07, 6.45) is 5.16. The van der Waals surface area contributed by atoms with E-state index in [1.54, 1.807) is 0 Å². The second kappa shape index (κ2) is 5.77. The third-order valence-corrected chi connectivity index (χ3v) is 4.06. The summed E-state index contributed by atoms with van der Waals surface area (Å²) in [5, 5.41) is 0. The third kappa shape index (κ3) is 2.99. The van der Waals surface area contributed by atoms with Crippen LogP contribution in [0.25, 0.3) is 0 Å². The summed E-state index contributed by atoms with van der Waals surface area (Å²) in [5.74, 6) is -0.000738. The van der Waals surface area contributed by atoms with Crippen LogP contribution in [-0.2, 0) is 16.0 Å². The van der Waals surface area contributed by atoms with Crippen molar-refractivity contribution in [2.75, 3.05) is 0 Å². The summed E-state index contributed by atoms with van der Waals surface area (Å²) in [7, 11) is 0. The van der Waals surface area contributed by atoms with Gasteiger partial charge in [0, 0.05) is 0 Å². The Hall–Kier alpha value is -1.31. The molecule has 0 N–H and O–H groups in total. The normalized spacial score (nSPS) is 22.6. The number of esters is 1. The summed E-state index contributed by atoms with van der Waals surface area (Å²) in [6, 6.07) is 8.34. The number of hydrogen-bond donors (Lipinski definition) is 0. The molecular weight excluding hydrogens is 236 g/mol. The molecule has 3 rings (SSSR count). The van der Waals surface area contributed by atoms with E-state index in [1.165, 1.54) is 11.1 Å². The van der Waals surface area contributed by atoms with Gasteiger partial charge in [0.1, 0.15) is 6.10 Å². The summed E-state index contributed by atoms with van der Waals surface area (Å²) in [5.41, 5.74) is 2.39. The van der Waals surface area contributed by atoms with Gasteiger partial charge >= 0.3 is 5.97 Å². The van der Waals surface area contributed by atoms with Gasteiger partial charge in [-0.1, -0.05) is 38.1 Å². The molecule has 2 nitrogen and oxygen atoms in total. The lowest BCUT2D eigenvalue weighted by Gasteiger charge is -2.26. The highest BCUT2D eigenvalue weighted by atomic mass is 16.5. The number of ether oxygens (including phenoxy) is 1. The lowest BCUT2D eigenvalue weighted by atomic mass is 9.89. The summed E-state index contributed by atoms with van der Waals surface area (Å²) < 4.78 is 5.71. The largest absolute Gasteiger partial charge is 0.457 e. The molecule has 1 aromatic carbocycles. The zero-order valence-electron chi connectivity index (χ0n) is 12.2. The Morgan fingerprint density at radius 1 is 1.26 bits per heavy atom. The van der Waals surface area contributed by atoms with E-state index in [0.717, 1.165) is 32.1 Å². The van der Waals surface area contributed by atoms with Crippen molar-refractivity contribution in [1.82, 2.24) is 0 Å². The fraction of sp³-hybridized carbons (Fsp3) is 0.588. The highest BCUT2D eigenvalue weighted by Crippen LogP contribution is 2.47. The molecule has 1 atom stereocenters. The minimum atomic E-state index is -0.174. The van der Waals surface area contributed by atoms with Crippen LogP contribution in [0, 0.1) is 5.41 Å². The van der Waals surface area contributed by atoms with Gasteiger partial charge in [-0.2, -0.15) is 0 Å². The standard InChI is InChI=1S/C15H18O2.C2H6/c1-15(9-10-15)14(16)17-13-8-4-6-11-5-2-3-7-12(11)13;1-2/h2-3,5,7,13H,4,6,8-10H2,1H3;1-2H3. The Morgan fingerprint density at radius 2 is 1.95 bits per heavy atom. The minimum absolute atomic E-state index is 0.000738. The first-order valence-electron chi connectivity index (χ1n) is 7.48. The molecule has 0 aromatic heterocycles. The Labute approximate surface area is 116 Å². The zero-order chi connectivity index (χ0) is 13.9. The predicted molar refractivity (Wildman–Crippen MR) is 76.9 cm³/mol. The van der Waals surface area contributed by atoms with Crippen LogP contribution in [0.3, 0.4) is 0 Å². The average Bonchev–Trinajstić information content (AvgIpc) is 3.21. The molecule has 0 heterocycles. The molecule has 0 spiro atoms. The maximum Gasteiger partial charge on any atom is 0.312 e. The topological polar surface area (TPSA) is 26.3 Å². The van der Waals surface area contributed by atoms with Gasteiger partial charge in [-0.25, -0.2) is 0 Å². The van der Waals surface area contributed by atoms with Crippen LogP contribution >= 0.6 is 0 Å². The van der Waals surface area contributed by atoms with Gasteiger partial charge in [-0.3, -0.25) is 4.79 Å². The molecule has 0 bridgehead atoms. The number of benzene rings is 1. The van der Waals surface area contributed by atoms with E-state index in [2.05, 4.69) is 18.2 Å². The molecular formula is C17H24O2. The van der Waals surface area contributed by atoms with E-state index < -0.39 is 0 Å². The van der Waals surface area contributed by atoms with E-state index in [4.69, 9.17) is 4.74 Å². The number of aryl methyl sites for hydroxylation is 1. The lowest BCUT2D eigenvalue weighted by molar-refractivity contribution is -0.156. The third-order valence-electron chi connectivity index (χ3n) is 4.06. The van der Waals surface area contributed by atoms with Crippen LogP contribution in [0.4, 0.5) is 0 Å². The van der Waals surface area contributed by atoms with Crippen molar-refractivity contribution in [3.05, 3.63) is 35.4 Å². The molecule has 2 aliphatic carbocycles. The first-order valence-corrected chi connectivity index (χ1v) is 7.48. The summed E-state index contributed by atoms with van der Waals surface area (Å²) >= 11 is 0. The maximum absolute atomic E-state index is 12.0. The molecule has 0 saturated heterocycles. The van der Waals surface area contributed by atoms with Crippen LogP contribution in [0.2, 0.25) is 0 Å². The maximum atomic E-state index is 12.0. The Bertz CT molecular complexity index is 446. The van der Waals surface area contributed by atoms with Crippen LogP contribution < -0.4 is 0 Å². The number of carbonyl (C=O) groups excluding carboxylic acids is 1. The molecule has 2 aliphatic rings. The molecule has 0 amide bonds. The van der Waals surface area contributed by atoms with Crippen LogP contribution in [-0.4, -0.2) is 5.97 Å². The smallest absolute Gasteiger partial charge is 0.312 e. The van der Waals surface area contributed by atoms with Gasteiger partial charge in [-0.15, -0.1) is 0 Å². The molecule has 1 aromatic rings. The zero-order valence-corrected chi connectivity index (χ0v) is 12.2. The second-order valence-electron chi connectivity index (χ2n) is 5.55. The van der Waals surface area contributed by atoms with Crippen molar-refractivity contribution in [2.24, 2.45) is 5.41 Å². The second-order valence-corrected chi connectivity index (χ2v) is 5.55. The van der Waals surface area contributed by atoms with Crippen molar-refractivity contribution >= 4 is 5.97 Å². The Kier molecular flexibility index (Phi) is 4.28. The van der Waals surface area contributed by atoms with Crippen molar-refractivity contribution in [3.63, 3.8) is 0 Å². The summed E-state index contributed by atoms with van der Waals surface area (Å²) in [6.45, 7) is 6.00. The van der Waals surface area contributed by atoms with Crippen LogP contribution in [0.15, 0.2) is 24.3 Å². The highest BCUT2D eigenvalue weighted by Gasteiger charge is 2.47. The van der Waals surface area contributed by atoms with Gasteiger partial charge in [0.15, 0.2) is 0 Å². The SMILES string of the molecule is CC.CC1(C(=O)OC2CCCc3ccccc32)CC1. The quantitative estimate of drug-likeness (QED) is 0.735. The van der Waals surface area contributed by atoms with Gasteiger partial charge in [0.05, 0.1) is 5.41 Å². The molecule has 1 saturated carbocycles. The molecule has 2 heteroatoms. The fourth-order valence-electron chi connectivity index (χ4n) is 2.49. The Morgan fingerprint density at radius 3 is 2.63 bits per heavy atom. The van der Waals surface area contributed by atoms with Gasteiger partial charge in [0.25, 0.3) is 0 Å². The predicted octanol–water partition coefficient (Wildman–Crippen LogP) is 4.43. The number of carbonyl (C=O) groups is 1. The number of rotatable bonds is 2. The van der Waals surface area contributed by atoms with E-state index in [-0.39, 0.29) is 17.5 Å². The van der Waals surface area contributed by atoms with Crippen LogP contribution in [0.5, 0.6) is 0 Å². The minimum Gasteiger partial charge on any atom is -0.457 e. The highest BCUT2D eigenvalue weighted by molar-refractivity contribution is 5.79. The van der Waals surface area contributed by atoms with E-state index in [9.17, 15) is 4.79 Å². The molecule has 1 unspecified atom stereocenters. The number of hydrogen-bond acceptors (Lipinski definition) is 2. The first kappa shape index (κ1) is 14.1. The average molecular weight is 260 g/mol. The molecule has 104 valence electrons. The van der Waals surface area contributed by atoms with Crippen molar-refractivity contribution < 1.29 is 9.53 Å². The van der Waals surface area contributed by atoms with Gasteiger partial charge in [-0.05, 0) is 50.2 Å². The van der Waals surface area contributed by atoms with Crippen molar-refractivity contribution in [3.8, 4) is 0 Å². The molecule has 1 fully saturated rings. The molecule has 0 radical (unpaired) electrons. The van der Waals surface area contributed by atoms with Gasteiger partial charge < -0.3 is 4.74 Å². The van der Waals surface area contributed by atoms with Crippen molar-refractivity contribution in [1.29, 1.82) is 0 Å². The van der Waals surface area contributed by atoms with E-state index >= 15 is 0 Å². The van der Waals surface area contributed by atoms with Gasteiger partial charge in [0.2, 0.25) is 0 Å². The lowest BCUT2D eigenvalue weighted by Crippen LogP contribution is -2.21. The monoisotopic (exact) mass is 260 g/mol. The number of fused-ring (bicyclic) bond motifs is 1. The van der Waals surface area contributed by atoms with E-state index in [1.807, 2.05) is 26.8 Å².